The van der Waals surface area contributed by atoms with E-state index in [0.29, 0.717) is 26.4 Å². The van der Waals surface area contributed by atoms with E-state index in [-0.39, 0.29) is 6.29 Å². The van der Waals surface area contributed by atoms with Crippen LogP contribution in [-0.2, 0) is 16.0 Å². The number of benzene rings is 1. The summed E-state index contributed by atoms with van der Waals surface area (Å²) in [4.78, 5) is 0. The molecule has 0 unspecified atom stereocenters. The molecule has 0 aliphatic rings. The van der Waals surface area contributed by atoms with Gasteiger partial charge in [-0.2, -0.15) is 0 Å². The van der Waals surface area contributed by atoms with Crippen molar-refractivity contribution >= 4 is 0 Å². The summed E-state index contributed by atoms with van der Waals surface area (Å²) in [5.41, 5.74) is 6.63. The Balaban J connectivity index is 2.30. The van der Waals surface area contributed by atoms with Gasteiger partial charge >= 0.3 is 0 Å². The molecule has 102 valence electrons. The van der Waals surface area contributed by atoms with Gasteiger partial charge in [-0.15, -0.1) is 0 Å². The first kappa shape index (κ1) is 15.0. The van der Waals surface area contributed by atoms with E-state index in [1.165, 1.54) is 0 Å². The van der Waals surface area contributed by atoms with Crippen LogP contribution in [0.25, 0.3) is 0 Å². The molecule has 0 aliphatic heterocycles. The predicted octanol–water partition coefficient (Wildman–Crippen LogP) is 2.31. The van der Waals surface area contributed by atoms with Gasteiger partial charge in [-0.05, 0) is 31.5 Å². The van der Waals surface area contributed by atoms with Gasteiger partial charge < -0.3 is 19.9 Å². The van der Waals surface area contributed by atoms with Crippen molar-refractivity contribution in [3.05, 3.63) is 29.8 Å². The summed E-state index contributed by atoms with van der Waals surface area (Å²) in [6, 6.07) is 7.80. The Bertz CT molecular complexity index is 307. The summed E-state index contributed by atoms with van der Waals surface area (Å²) in [7, 11) is 0. The van der Waals surface area contributed by atoms with E-state index in [1.54, 1.807) is 0 Å². The second-order valence-corrected chi connectivity index (χ2v) is 3.83. The Hall–Kier alpha value is -1.10. The van der Waals surface area contributed by atoms with E-state index in [0.717, 1.165) is 17.7 Å². The first-order valence-corrected chi connectivity index (χ1v) is 6.45. The van der Waals surface area contributed by atoms with Crippen LogP contribution in [0, 0.1) is 0 Å². The van der Waals surface area contributed by atoms with Crippen LogP contribution in [0.15, 0.2) is 24.3 Å². The Labute approximate surface area is 109 Å². The molecule has 0 bridgehead atoms. The molecule has 0 saturated carbocycles. The number of nitrogens with two attached hydrogens (primary N) is 1. The van der Waals surface area contributed by atoms with Crippen molar-refractivity contribution in [2.24, 2.45) is 5.73 Å². The van der Waals surface area contributed by atoms with E-state index < -0.39 is 0 Å². The minimum atomic E-state index is -0.177. The summed E-state index contributed by atoms with van der Waals surface area (Å²) in [5.74, 6) is 0.846. The van der Waals surface area contributed by atoms with Crippen molar-refractivity contribution in [3.63, 3.8) is 0 Å². The summed E-state index contributed by atoms with van der Waals surface area (Å²) in [5, 5.41) is 0. The summed E-state index contributed by atoms with van der Waals surface area (Å²) >= 11 is 0. The smallest absolute Gasteiger partial charge is 0.160 e. The monoisotopic (exact) mass is 253 g/mol. The van der Waals surface area contributed by atoms with Gasteiger partial charge in [-0.3, -0.25) is 0 Å². The Morgan fingerprint density at radius 2 is 1.67 bits per heavy atom. The third-order valence-corrected chi connectivity index (χ3v) is 2.49. The lowest BCUT2D eigenvalue weighted by Crippen LogP contribution is -2.20. The average Bonchev–Trinajstić information content (AvgIpc) is 2.40. The molecule has 0 heterocycles. The molecule has 0 saturated heterocycles. The molecular formula is C14H23NO3. The van der Waals surface area contributed by atoms with Gasteiger partial charge in [-0.1, -0.05) is 12.1 Å². The Kier molecular flexibility index (Phi) is 7.41. The molecule has 0 atom stereocenters. The van der Waals surface area contributed by atoms with Gasteiger partial charge in [0, 0.05) is 26.2 Å². The molecule has 4 heteroatoms. The van der Waals surface area contributed by atoms with Gasteiger partial charge in [0.25, 0.3) is 0 Å². The average molecular weight is 253 g/mol. The van der Waals surface area contributed by atoms with Crippen molar-refractivity contribution in [3.8, 4) is 5.75 Å². The summed E-state index contributed by atoms with van der Waals surface area (Å²) < 4.78 is 16.5. The van der Waals surface area contributed by atoms with Crippen LogP contribution in [0.2, 0.25) is 0 Å². The highest BCUT2D eigenvalue weighted by atomic mass is 16.7. The van der Waals surface area contributed by atoms with Crippen LogP contribution in [-0.4, -0.2) is 26.1 Å². The van der Waals surface area contributed by atoms with Crippen molar-refractivity contribution in [2.45, 2.75) is 33.1 Å². The highest BCUT2D eigenvalue weighted by Crippen LogP contribution is 2.12. The highest BCUT2D eigenvalue weighted by Gasteiger charge is 2.07. The van der Waals surface area contributed by atoms with E-state index in [1.807, 2.05) is 38.1 Å². The zero-order chi connectivity index (χ0) is 13.2. The maximum absolute atomic E-state index is 5.63. The molecule has 0 fully saturated rings. The first-order chi connectivity index (χ1) is 8.80. The number of hydrogen-bond acceptors (Lipinski definition) is 4. The number of rotatable bonds is 9. The molecule has 0 amide bonds. The fourth-order valence-electron chi connectivity index (χ4n) is 1.58. The van der Waals surface area contributed by atoms with E-state index in [2.05, 4.69) is 0 Å². The molecule has 2 N–H and O–H groups in total. The van der Waals surface area contributed by atoms with Crippen LogP contribution < -0.4 is 10.5 Å². The normalized spacial score (nSPS) is 10.9. The molecule has 1 rings (SSSR count). The van der Waals surface area contributed by atoms with Crippen molar-refractivity contribution < 1.29 is 14.2 Å². The largest absolute Gasteiger partial charge is 0.493 e. The zero-order valence-electron chi connectivity index (χ0n) is 11.2. The Morgan fingerprint density at radius 3 is 2.17 bits per heavy atom. The molecule has 1 aromatic rings. The fraction of sp³-hybridized carbons (Fsp3) is 0.571. The van der Waals surface area contributed by atoms with Gasteiger partial charge in [0.2, 0.25) is 0 Å². The molecule has 1 aromatic carbocycles. The molecule has 0 spiro atoms. The second kappa shape index (κ2) is 8.91. The van der Waals surface area contributed by atoms with E-state index >= 15 is 0 Å². The van der Waals surface area contributed by atoms with Crippen LogP contribution in [0.3, 0.4) is 0 Å². The van der Waals surface area contributed by atoms with Crippen LogP contribution in [0.4, 0.5) is 0 Å². The molecule has 4 nitrogen and oxygen atoms in total. The topological polar surface area (TPSA) is 53.7 Å². The van der Waals surface area contributed by atoms with Crippen molar-refractivity contribution in [2.75, 3.05) is 19.8 Å². The second-order valence-electron chi connectivity index (χ2n) is 3.83. The van der Waals surface area contributed by atoms with Gasteiger partial charge in [0.1, 0.15) is 5.75 Å². The van der Waals surface area contributed by atoms with Crippen LogP contribution in [0.1, 0.15) is 25.8 Å². The molecule has 0 radical (unpaired) electrons. The molecule has 18 heavy (non-hydrogen) atoms. The zero-order valence-corrected chi connectivity index (χ0v) is 11.2. The lowest BCUT2D eigenvalue weighted by atomic mass is 10.2. The maximum atomic E-state index is 5.63. The first-order valence-electron chi connectivity index (χ1n) is 6.45. The number of hydrogen-bond donors (Lipinski definition) is 1. The van der Waals surface area contributed by atoms with Crippen molar-refractivity contribution in [1.82, 2.24) is 0 Å². The molecule has 0 aliphatic carbocycles. The summed E-state index contributed by atoms with van der Waals surface area (Å²) in [6.45, 7) is 6.34. The molecule has 0 aromatic heterocycles. The minimum absolute atomic E-state index is 0.177. The number of ether oxygens (including phenoxy) is 3. The predicted molar refractivity (Wildman–Crippen MR) is 71.5 cm³/mol. The lowest BCUT2D eigenvalue weighted by molar-refractivity contribution is -0.142. The lowest BCUT2D eigenvalue weighted by Gasteiger charge is -2.17. The highest BCUT2D eigenvalue weighted by molar-refractivity contribution is 5.26. The summed E-state index contributed by atoms with van der Waals surface area (Å²) in [6.07, 6.45) is 0.545. The van der Waals surface area contributed by atoms with Gasteiger partial charge in [-0.25, -0.2) is 0 Å². The minimum Gasteiger partial charge on any atom is -0.493 e. The van der Waals surface area contributed by atoms with Crippen LogP contribution >= 0.6 is 0 Å². The standard InChI is InChI=1S/C14H23NO3/c1-3-16-14(17-4-2)9-10-18-13-7-5-12(11-15)6-8-13/h5-8,14H,3-4,9-11,15H2,1-2H3. The fourth-order valence-corrected chi connectivity index (χ4v) is 1.58. The van der Waals surface area contributed by atoms with Gasteiger partial charge in [0.05, 0.1) is 6.61 Å². The maximum Gasteiger partial charge on any atom is 0.160 e. The van der Waals surface area contributed by atoms with Gasteiger partial charge in [0.15, 0.2) is 6.29 Å². The third kappa shape index (κ3) is 5.49. The van der Waals surface area contributed by atoms with Crippen molar-refractivity contribution in [1.29, 1.82) is 0 Å². The molecular weight excluding hydrogens is 230 g/mol. The van der Waals surface area contributed by atoms with Crippen LogP contribution in [0.5, 0.6) is 5.75 Å². The quantitative estimate of drug-likeness (QED) is 0.686. The third-order valence-electron chi connectivity index (χ3n) is 2.49. The van der Waals surface area contributed by atoms with E-state index in [9.17, 15) is 0 Å². The van der Waals surface area contributed by atoms with E-state index in [4.69, 9.17) is 19.9 Å². The SMILES string of the molecule is CCOC(CCOc1ccc(CN)cc1)OCC. The Morgan fingerprint density at radius 1 is 1.06 bits per heavy atom.